The number of esters is 2. The predicted octanol–water partition coefficient (Wildman–Crippen LogP) is 14.2. The summed E-state index contributed by atoms with van der Waals surface area (Å²) in [6, 6.07) is -0.613. The molecule has 8 nitrogen and oxygen atoms in total. The van der Waals surface area contributed by atoms with E-state index in [0.717, 1.165) is 57.8 Å². The molecule has 0 aliphatic carbocycles. The Morgan fingerprint density at radius 3 is 1.38 bits per heavy atom. The second-order valence-corrected chi connectivity index (χ2v) is 18.1. The van der Waals surface area contributed by atoms with Gasteiger partial charge in [0.1, 0.15) is 6.61 Å². The van der Waals surface area contributed by atoms with Gasteiger partial charge >= 0.3 is 17.9 Å². The van der Waals surface area contributed by atoms with E-state index in [1.165, 1.54) is 135 Å². The second-order valence-electron chi connectivity index (χ2n) is 18.1. The maximum absolute atomic E-state index is 12.8. The highest BCUT2D eigenvalue weighted by Crippen LogP contribution is 2.16. The van der Waals surface area contributed by atoms with Gasteiger partial charge in [-0.3, -0.25) is 9.59 Å². The molecule has 8 heteroatoms. The van der Waals surface area contributed by atoms with Gasteiger partial charge in [0.15, 0.2) is 12.1 Å². The predicted molar refractivity (Wildman–Crippen MR) is 252 cm³/mol. The first-order valence-electron chi connectivity index (χ1n) is 25.0. The maximum atomic E-state index is 12.8. The summed E-state index contributed by atoms with van der Waals surface area (Å²) in [6.45, 7) is 4.66. The quantitative estimate of drug-likeness (QED) is 0.0282. The molecule has 0 aromatic carbocycles. The average Bonchev–Trinajstić information content (AvgIpc) is 3.21. The molecular formula is C52H96NO7+. The van der Waals surface area contributed by atoms with Crippen LogP contribution in [-0.2, 0) is 28.6 Å². The zero-order valence-electron chi connectivity index (χ0n) is 39.9. The van der Waals surface area contributed by atoms with Gasteiger partial charge in [0.05, 0.1) is 34.4 Å². The van der Waals surface area contributed by atoms with Crippen LogP contribution in [0.1, 0.15) is 226 Å². The number of allylic oxidation sites excluding steroid dienone is 6. The molecule has 0 saturated heterocycles. The van der Waals surface area contributed by atoms with E-state index in [9.17, 15) is 19.5 Å². The lowest BCUT2D eigenvalue weighted by atomic mass is 10.0. The fraction of sp³-hybridized carbons (Fsp3) is 0.827. The van der Waals surface area contributed by atoms with E-state index in [1.54, 1.807) is 0 Å². The number of carbonyl (C=O) groups excluding carboxylic acids is 2. The van der Waals surface area contributed by atoms with Crippen molar-refractivity contribution in [2.45, 2.75) is 238 Å². The maximum Gasteiger partial charge on any atom is 0.362 e. The number of hydrogen-bond donors (Lipinski definition) is 1. The fourth-order valence-corrected chi connectivity index (χ4v) is 7.46. The first kappa shape index (κ1) is 57.5. The van der Waals surface area contributed by atoms with Gasteiger partial charge in [-0.25, -0.2) is 4.79 Å². The summed E-state index contributed by atoms with van der Waals surface area (Å²) in [4.78, 5) is 37.1. The molecule has 1 N–H and O–H groups in total. The lowest BCUT2D eigenvalue weighted by Crippen LogP contribution is -2.50. The number of carboxylic acids is 1. The summed E-state index contributed by atoms with van der Waals surface area (Å²) >= 11 is 0. The number of rotatable bonds is 45. The summed E-state index contributed by atoms with van der Waals surface area (Å²) in [5, 5.41) is 9.64. The Balaban J connectivity index is 4.23. The standard InChI is InChI=1S/C52H95NO7/c1-6-8-10-12-14-16-18-20-22-24-25-26-27-29-30-32-34-36-38-40-42-50(54)59-47-48(46-58-45-44-49(52(56)57)53(3,4)5)60-51(55)43-41-39-37-35-33-31-28-23-21-19-17-15-13-11-9-7-2/h8,10,14,16,20,22,48-49H,6-7,9,11-13,15,17-19,21,23-47H2,1-5H3/p+1/b10-8+,16-14+,22-20+. The van der Waals surface area contributed by atoms with Crippen LogP contribution in [0.25, 0.3) is 0 Å². The molecule has 60 heavy (non-hydrogen) atoms. The Labute approximate surface area is 370 Å². The zero-order valence-corrected chi connectivity index (χ0v) is 39.9. The first-order valence-corrected chi connectivity index (χ1v) is 25.0. The van der Waals surface area contributed by atoms with Gasteiger partial charge in [-0.1, -0.05) is 198 Å². The molecule has 0 fully saturated rings. The Hall–Kier alpha value is -2.45. The third kappa shape index (κ3) is 40.9. The van der Waals surface area contributed by atoms with Crippen LogP contribution < -0.4 is 0 Å². The van der Waals surface area contributed by atoms with E-state index in [2.05, 4.69) is 50.3 Å². The topological polar surface area (TPSA) is 99.1 Å². The molecule has 0 spiro atoms. The minimum atomic E-state index is -0.873. The molecular weight excluding hydrogens is 751 g/mol. The van der Waals surface area contributed by atoms with Crippen LogP contribution in [-0.4, -0.2) is 80.6 Å². The number of unbranched alkanes of at least 4 members (excludes halogenated alkanes) is 25. The summed E-state index contributed by atoms with van der Waals surface area (Å²) in [6.07, 6.45) is 50.4. The largest absolute Gasteiger partial charge is 0.477 e. The molecule has 2 unspecified atom stereocenters. The van der Waals surface area contributed by atoms with Crippen molar-refractivity contribution in [3.05, 3.63) is 36.5 Å². The summed E-state index contributed by atoms with van der Waals surface area (Å²) in [7, 11) is 5.54. The normalized spacial score (nSPS) is 13.2. The second kappa shape index (κ2) is 43.2. The third-order valence-electron chi connectivity index (χ3n) is 11.3. The Morgan fingerprint density at radius 1 is 0.517 bits per heavy atom. The number of likely N-dealkylation sites (N-methyl/N-ethyl adjacent to an activating group) is 1. The van der Waals surface area contributed by atoms with E-state index in [1.807, 2.05) is 21.1 Å². The Bertz CT molecular complexity index is 1080. The number of quaternary nitrogens is 1. The van der Waals surface area contributed by atoms with Crippen LogP contribution in [0.5, 0.6) is 0 Å². The summed E-state index contributed by atoms with van der Waals surface area (Å²) < 4.78 is 17.4. The average molecular weight is 847 g/mol. The number of aliphatic carboxylic acids is 1. The molecule has 0 heterocycles. The van der Waals surface area contributed by atoms with E-state index < -0.39 is 18.1 Å². The zero-order chi connectivity index (χ0) is 44.2. The molecule has 2 atom stereocenters. The minimum absolute atomic E-state index is 0.0495. The molecule has 0 aliphatic rings. The van der Waals surface area contributed by atoms with Crippen molar-refractivity contribution in [3.8, 4) is 0 Å². The van der Waals surface area contributed by atoms with Gasteiger partial charge in [0.25, 0.3) is 0 Å². The molecule has 0 amide bonds. The molecule has 350 valence electrons. The van der Waals surface area contributed by atoms with Crippen LogP contribution in [0.15, 0.2) is 36.5 Å². The number of carboxylic acid groups (broad SMARTS) is 1. The number of hydrogen-bond acceptors (Lipinski definition) is 6. The van der Waals surface area contributed by atoms with Crippen molar-refractivity contribution >= 4 is 17.9 Å². The lowest BCUT2D eigenvalue weighted by Gasteiger charge is -2.31. The van der Waals surface area contributed by atoms with Crippen LogP contribution in [0.3, 0.4) is 0 Å². The lowest BCUT2D eigenvalue weighted by molar-refractivity contribution is -0.887. The van der Waals surface area contributed by atoms with E-state index in [4.69, 9.17) is 14.2 Å². The summed E-state index contributed by atoms with van der Waals surface area (Å²) in [5.41, 5.74) is 0. The Morgan fingerprint density at radius 2 is 0.933 bits per heavy atom. The highest BCUT2D eigenvalue weighted by molar-refractivity contribution is 5.72. The van der Waals surface area contributed by atoms with Gasteiger partial charge in [-0.05, 0) is 44.9 Å². The van der Waals surface area contributed by atoms with Crippen molar-refractivity contribution in [2.75, 3.05) is 41.0 Å². The smallest absolute Gasteiger partial charge is 0.362 e. The number of ether oxygens (including phenoxy) is 3. The van der Waals surface area contributed by atoms with E-state index >= 15 is 0 Å². The van der Waals surface area contributed by atoms with Gasteiger partial charge in [-0.2, -0.15) is 0 Å². The highest BCUT2D eigenvalue weighted by atomic mass is 16.6. The highest BCUT2D eigenvalue weighted by Gasteiger charge is 2.31. The molecule has 0 saturated carbocycles. The van der Waals surface area contributed by atoms with E-state index in [-0.39, 0.29) is 36.2 Å². The molecule has 0 aliphatic heterocycles. The van der Waals surface area contributed by atoms with Crippen molar-refractivity contribution in [3.63, 3.8) is 0 Å². The van der Waals surface area contributed by atoms with Crippen LogP contribution in [0.4, 0.5) is 0 Å². The van der Waals surface area contributed by atoms with Crippen molar-refractivity contribution < 1.29 is 38.2 Å². The van der Waals surface area contributed by atoms with Crippen LogP contribution in [0.2, 0.25) is 0 Å². The van der Waals surface area contributed by atoms with E-state index in [0.29, 0.717) is 19.3 Å². The summed E-state index contributed by atoms with van der Waals surface area (Å²) in [5.74, 6) is -1.46. The Kier molecular flexibility index (Phi) is 41.4. The van der Waals surface area contributed by atoms with Crippen LogP contribution in [0, 0.1) is 0 Å². The monoisotopic (exact) mass is 847 g/mol. The first-order chi connectivity index (χ1) is 29.1. The van der Waals surface area contributed by atoms with Crippen LogP contribution >= 0.6 is 0 Å². The third-order valence-corrected chi connectivity index (χ3v) is 11.3. The minimum Gasteiger partial charge on any atom is -0.477 e. The molecule has 0 aromatic rings. The SMILES string of the molecule is CC/C=C/C/C=C/C/C=C/CCCCCCCCCCCCC(=O)OCC(COCCC(C(=O)O)[N+](C)(C)C)OC(=O)CCCCCCCCCCCCCCCCCC. The molecule has 0 radical (unpaired) electrons. The van der Waals surface area contributed by atoms with Gasteiger partial charge < -0.3 is 23.8 Å². The van der Waals surface area contributed by atoms with Crippen molar-refractivity contribution in [1.82, 2.24) is 0 Å². The molecule has 0 rings (SSSR count). The fourth-order valence-electron chi connectivity index (χ4n) is 7.46. The number of carbonyl (C=O) groups is 3. The molecule has 0 bridgehead atoms. The van der Waals surface area contributed by atoms with Gasteiger partial charge in [0, 0.05) is 19.3 Å². The number of nitrogens with zero attached hydrogens (tertiary/aromatic N) is 1. The van der Waals surface area contributed by atoms with Crippen molar-refractivity contribution in [1.29, 1.82) is 0 Å². The van der Waals surface area contributed by atoms with Gasteiger partial charge in [-0.15, -0.1) is 0 Å². The molecule has 0 aromatic heterocycles. The van der Waals surface area contributed by atoms with Gasteiger partial charge in [0.2, 0.25) is 0 Å². The van der Waals surface area contributed by atoms with Crippen molar-refractivity contribution in [2.24, 2.45) is 0 Å².